The Balaban J connectivity index is 1.70. The fourth-order valence-electron chi connectivity index (χ4n) is 2.37. The molecule has 3 rings (SSSR count). The summed E-state index contributed by atoms with van der Waals surface area (Å²) in [7, 11) is -3.64. The second kappa shape index (κ2) is 8.24. The quantitative estimate of drug-likeness (QED) is 0.650. The van der Waals surface area contributed by atoms with Gasteiger partial charge in [-0.15, -0.1) is 11.3 Å². The maximum Gasteiger partial charge on any atom is 0.243 e. The second-order valence-electron chi connectivity index (χ2n) is 5.42. The van der Waals surface area contributed by atoms with Gasteiger partial charge in [0.15, 0.2) is 6.61 Å². The standard InChI is InChI=1S/C16H15Cl2NO5S2/c17-12-9-11(26(21,22)19-5-7-23-8-6-19)1-2-14(12)24-10-13(20)15-3-4-16(18)25-15/h1-4,9H,5-8,10H2. The van der Waals surface area contributed by atoms with Crippen LogP contribution in [0.5, 0.6) is 5.75 Å². The van der Waals surface area contributed by atoms with E-state index >= 15 is 0 Å². The molecule has 0 N–H and O–H groups in total. The zero-order chi connectivity index (χ0) is 18.7. The number of Topliss-reactive ketones (excluding diaryl/α,β-unsaturated/α-hetero) is 1. The van der Waals surface area contributed by atoms with Crippen LogP contribution in [0.15, 0.2) is 35.2 Å². The summed E-state index contributed by atoms with van der Waals surface area (Å²) in [6.45, 7) is 1.12. The summed E-state index contributed by atoms with van der Waals surface area (Å²) in [6, 6.07) is 7.45. The molecule has 1 fully saturated rings. The fraction of sp³-hybridized carbons (Fsp3) is 0.312. The van der Waals surface area contributed by atoms with Crippen LogP contribution in [0.3, 0.4) is 0 Å². The number of nitrogens with zero attached hydrogens (tertiary/aromatic N) is 1. The lowest BCUT2D eigenvalue weighted by Crippen LogP contribution is -2.40. The molecule has 0 amide bonds. The van der Waals surface area contributed by atoms with Crippen LogP contribution in [-0.2, 0) is 14.8 Å². The highest BCUT2D eigenvalue weighted by Crippen LogP contribution is 2.29. The molecule has 0 unspecified atom stereocenters. The Hall–Kier alpha value is -1.16. The molecule has 0 bridgehead atoms. The van der Waals surface area contributed by atoms with Gasteiger partial charge < -0.3 is 9.47 Å². The van der Waals surface area contributed by atoms with Crippen LogP contribution in [0.2, 0.25) is 9.36 Å². The molecule has 0 aliphatic carbocycles. The maximum absolute atomic E-state index is 12.6. The second-order valence-corrected chi connectivity index (χ2v) is 9.48. The molecule has 2 heterocycles. The number of carbonyl (C=O) groups is 1. The van der Waals surface area contributed by atoms with Gasteiger partial charge in [-0.2, -0.15) is 4.31 Å². The van der Waals surface area contributed by atoms with Gasteiger partial charge in [0.2, 0.25) is 15.8 Å². The Morgan fingerprint density at radius 1 is 1.19 bits per heavy atom. The lowest BCUT2D eigenvalue weighted by atomic mass is 10.3. The minimum Gasteiger partial charge on any atom is -0.484 e. The van der Waals surface area contributed by atoms with Crippen molar-refractivity contribution in [2.45, 2.75) is 4.90 Å². The van der Waals surface area contributed by atoms with E-state index in [0.717, 1.165) is 11.3 Å². The molecule has 1 aromatic heterocycles. The summed E-state index contributed by atoms with van der Waals surface area (Å²) in [4.78, 5) is 12.6. The van der Waals surface area contributed by atoms with E-state index in [4.69, 9.17) is 32.7 Å². The van der Waals surface area contributed by atoms with E-state index in [1.165, 1.54) is 22.5 Å². The lowest BCUT2D eigenvalue weighted by molar-refractivity contribution is 0.0730. The Kier molecular flexibility index (Phi) is 6.21. The van der Waals surface area contributed by atoms with E-state index in [-0.39, 0.29) is 28.1 Å². The van der Waals surface area contributed by atoms with Crippen molar-refractivity contribution in [3.05, 3.63) is 44.6 Å². The number of ether oxygens (including phenoxy) is 2. The van der Waals surface area contributed by atoms with Gasteiger partial charge in [-0.25, -0.2) is 8.42 Å². The molecule has 0 radical (unpaired) electrons. The van der Waals surface area contributed by atoms with Gasteiger partial charge in [0.05, 0.1) is 32.3 Å². The fourth-order valence-corrected chi connectivity index (χ4v) is 5.08. The minimum absolute atomic E-state index is 0.0770. The summed E-state index contributed by atoms with van der Waals surface area (Å²) in [5.41, 5.74) is 0. The number of hydrogen-bond acceptors (Lipinski definition) is 6. The number of thiophene rings is 1. The third-order valence-corrected chi connectivity index (χ3v) is 7.18. The lowest BCUT2D eigenvalue weighted by Gasteiger charge is -2.26. The summed E-state index contributed by atoms with van der Waals surface area (Å²) in [5, 5.41) is 0.122. The third kappa shape index (κ3) is 4.39. The minimum atomic E-state index is -3.64. The molecule has 1 aliphatic rings. The van der Waals surface area contributed by atoms with Crippen LogP contribution >= 0.6 is 34.5 Å². The first-order valence-corrected chi connectivity index (χ1v) is 10.7. The monoisotopic (exact) mass is 435 g/mol. The average Bonchev–Trinajstić information content (AvgIpc) is 3.07. The summed E-state index contributed by atoms with van der Waals surface area (Å²) >= 11 is 13.1. The zero-order valence-electron chi connectivity index (χ0n) is 13.5. The highest BCUT2D eigenvalue weighted by molar-refractivity contribution is 7.89. The number of morpholine rings is 1. The van der Waals surface area contributed by atoms with Gasteiger partial charge in [-0.1, -0.05) is 23.2 Å². The van der Waals surface area contributed by atoms with Gasteiger partial charge in [-0.05, 0) is 30.3 Å². The largest absolute Gasteiger partial charge is 0.484 e. The van der Waals surface area contributed by atoms with E-state index in [0.29, 0.717) is 35.5 Å². The third-order valence-electron chi connectivity index (χ3n) is 3.72. The number of rotatable bonds is 6. The first kappa shape index (κ1) is 19.6. The van der Waals surface area contributed by atoms with E-state index in [9.17, 15) is 13.2 Å². The van der Waals surface area contributed by atoms with Gasteiger partial charge in [0.25, 0.3) is 0 Å². The van der Waals surface area contributed by atoms with Crippen molar-refractivity contribution in [3.8, 4) is 5.75 Å². The Bertz CT molecular complexity index is 907. The normalized spacial score (nSPS) is 15.8. The molecule has 140 valence electrons. The molecule has 1 aromatic carbocycles. The summed E-state index contributed by atoms with van der Waals surface area (Å²) in [6.07, 6.45) is 0. The van der Waals surface area contributed by atoms with E-state index in [1.807, 2.05) is 0 Å². The number of halogens is 2. The van der Waals surface area contributed by atoms with Crippen molar-refractivity contribution in [1.82, 2.24) is 4.31 Å². The van der Waals surface area contributed by atoms with Crippen LogP contribution in [0, 0.1) is 0 Å². The Morgan fingerprint density at radius 3 is 2.54 bits per heavy atom. The summed E-state index contributed by atoms with van der Waals surface area (Å²) < 4.78 is 37.7. The van der Waals surface area contributed by atoms with E-state index in [1.54, 1.807) is 12.1 Å². The number of hydrogen-bond donors (Lipinski definition) is 0. The number of benzene rings is 1. The molecule has 1 aliphatic heterocycles. The van der Waals surface area contributed by atoms with Gasteiger partial charge in [0.1, 0.15) is 5.75 Å². The topological polar surface area (TPSA) is 72.9 Å². The number of carbonyl (C=O) groups excluding carboxylic acids is 1. The maximum atomic E-state index is 12.6. The first-order chi connectivity index (χ1) is 12.4. The van der Waals surface area contributed by atoms with Crippen molar-refractivity contribution in [2.75, 3.05) is 32.9 Å². The van der Waals surface area contributed by atoms with Crippen LogP contribution < -0.4 is 4.74 Å². The van der Waals surface area contributed by atoms with Crippen LogP contribution in [0.25, 0.3) is 0 Å². The molecule has 2 aromatic rings. The number of sulfonamides is 1. The van der Waals surface area contributed by atoms with Crippen molar-refractivity contribution in [3.63, 3.8) is 0 Å². The van der Waals surface area contributed by atoms with Gasteiger partial charge in [-0.3, -0.25) is 4.79 Å². The van der Waals surface area contributed by atoms with Gasteiger partial charge in [0, 0.05) is 13.1 Å². The summed E-state index contributed by atoms with van der Waals surface area (Å²) in [5.74, 6) is 0.00609. The highest BCUT2D eigenvalue weighted by Gasteiger charge is 2.27. The predicted molar refractivity (Wildman–Crippen MR) is 100 cm³/mol. The zero-order valence-corrected chi connectivity index (χ0v) is 16.6. The smallest absolute Gasteiger partial charge is 0.243 e. The molecular weight excluding hydrogens is 421 g/mol. The predicted octanol–water partition coefficient (Wildman–Crippen LogP) is 3.34. The molecule has 0 atom stereocenters. The Labute approximate surface area is 165 Å². The Morgan fingerprint density at radius 2 is 1.92 bits per heavy atom. The van der Waals surface area contributed by atoms with Crippen molar-refractivity contribution in [1.29, 1.82) is 0 Å². The number of ketones is 1. The molecule has 0 saturated carbocycles. The van der Waals surface area contributed by atoms with Crippen molar-refractivity contribution < 1.29 is 22.7 Å². The van der Waals surface area contributed by atoms with E-state index in [2.05, 4.69) is 0 Å². The van der Waals surface area contributed by atoms with E-state index < -0.39 is 10.0 Å². The SMILES string of the molecule is O=C(COc1ccc(S(=O)(=O)N2CCOCC2)cc1Cl)c1ccc(Cl)s1. The first-order valence-electron chi connectivity index (χ1n) is 7.67. The highest BCUT2D eigenvalue weighted by atomic mass is 35.5. The molecular formula is C16H15Cl2NO5S2. The molecule has 6 nitrogen and oxygen atoms in total. The molecule has 10 heteroatoms. The van der Waals surface area contributed by atoms with Crippen LogP contribution in [-0.4, -0.2) is 51.4 Å². The molecule has 26 heavy (non-hydrogen) atoms. The van der Waals surface area contributed by atoms with Crippen molar-refractivity contribution >= 4 is 50.3 Å². The average molecular weight is 436 g/mol. The van der Waals surface area contributed by atoms with Crippen LogP contribution in [0.1, 0.15) is 9.67 Å². The molecule has 1 saturated heterocycles. The van der Waals surface area contributed by atoms with Crippen molar-refractivity contribution in [2.24, 2.45) is 0 Å². The molecule has 0 spiro atoms. The van der Waals surface area contributed by atoms with Crippen LogP contribution in [0.4, 0.5) is 0 Å². The van der Waals surface area contributed by atoms with Gasteiger partial charge >= 0.3 is 0 Å².